The summed E-state index contributed by atoms with van der Waals surface area (Å²) in [6.45, 7) is 4.52. The molecule has 1 aromatic heterocycles. The summed E-state index contributed by atoms with van der Waals surface area (Å²) in [6, 6.07) is 19.2. The number of hydrogen-bond acceptors (Lipinski definition) is 3. The van der Waals surface area contributed by atoms with E-state index in [0.29, 0.717) is 24.0 Å². The Morgan fingerprint density at radius 2 is 1.75 bits per heavy atom. The molecule has 28 heavy (non-hydrogen) atoms. The SMILES string of the molecule is CC(C)c1ccc(CN(C(=O)COc2ccc(F)cc2)c2ccccn2)cc1. The number of benzene rings is 2. The molecule has 0 aliphatic heterocycles. The van der Waals surface area contributed by atoms with Crippen molar-refractivity contribution in [2.45, 2.75) is 26.3 Å². The van der Waals surface area contributed by atoms with Crippen LogP contribution in [0.5, 0.6) is 5.75 Å². The smallest absolute Gasteiger partial charge is 0.266 e. The quantitative estimate of drug-likeness (QED) is 0.584. The number of halogens is 1. The van der Waals surface area contributed by atoms with Crippen molar-refractivity contribution in [3.63, 3.8) is 0 Å². The van der Waals surface area contributed by atoms with E-state index in [1.165, 1.54) is 29.8 Å². The van der Waals surface area contributed by atoms with Gasteiger partial charge in [-0.05, 0) is 53.4 Å². The fraction of sp³-hybridized carbons (Fsp3) is 0.217. The zero-order valence-electron chi connectivity index (χ0n) is 16.0. The van der Waals surface area contributed by atoms with Gasteiger partial charge >= 0.3 is 0 Å². The van der Waals surface area contributed by atoms with E-state index in [1.54, 1.807) is 23.2 Å². The number of aromatic nitrogens is 1. The zero-order valence-corrected chi connectivity index (χ0v) is 16.0. The van der Waals surface area contributed by atoms with Crippen molar-refractivity contribution < 1.29 is 13.9 Å². The lowest BCUT2D eigenvalue weighted by molar-refractivity contribution is -0.120. The van der Waals surface area contributed by atoms with Crippen molar-refractivity contribution in [1.82, 2.24) is 4.98 Å². The second-order valence-electron chi connectivity index (χ2n) is 6.81. The van der Waals surface area contributed by atoms with Crippen molar-refractivity contribution in [2.24, 2.45) is 0 Å². The number of ether oxygens (including phenoxy) is 1. The van der Waals surface area contributed by atoms with Crippen LogP contribution in [0.1, 0.15) is 30.9 Å². The van der Waals surface area contributed by atoms with Crippen LogP contribution in [0.3, 0.4) is 0 Å². The van der Waals surface area contributed by atoms with Gasteiger partial charge in [-0.1, -0.05) is 44.2 Å². The third-order valence-corrected chi connectivity index (χ3v) is 4.39. The predicted octanol–water partition coefficient (Wildman–Crippen LogP) is 4.96. The number of rotatable bonds is 7. The molecule has 0 unspecified atom stereocenters. The van der Waals surface area contributed by atoms with E-state index < -0.39 is 0 Å². The Balaban J connectivity index is 1.74. The summed E-state index contributed by atoms with van der Waals surface area (Å²) in [5.74, 6) is 0.876. The van der Waals surface area contributed by atoms with E-state index in [1.807, 2.05) is 18.2 Å². The minimum absolute atomic E-state index is 0.160. The number of amides is 1. The summed E-state index contributed by atoms with van der Waals surface area (Å²) >= 11 is 0. The highest BCUT2D eigenvalue weighted by molar-refractivity contribution is 5.93. The molecule has 1 heterocycles. The summed E-state index contributed by atoms with van der Waals surface area (Å²) < 4.78 is 18.5. The molecule has 0 atom stereocenters. The maximum atomic E-state index is 13.0. The molecule has 0 saturated heterocycles. The lowest BCUT2D eigenvalue weighted by Gasteiger charge is -2.22. The first-order chi connectivity index (χ1) is 13.5. The van der Waals surface area contributed by atoms with Crippen molar-refractivity contribution in [2.75, 3.05) is 11.5 Å². The zero-order chi connectivity index (χ0) is 19.9. The average molecular weight is 378 g/mol. The largest absolute Gasteiger partial charge is 0.484 e. The third kappa shape index (κ3) is 5.16. The molecular formula is C23H23FN2O2. The average Bonchev–Trinajstić information content (AvgIpc) is 2.72. The minimum Gasteiger partial charge on any atom is -0.484 e. The van der Waals surface area contributed by atoms with Gasteiger partial charge in [0.05, 0.1) is 6.54 Å². The molecule has 0 N–H and O–H groups in total. The van der Waals surface area contributed by atoms with Crippen LogP contribution < -0.4 is 9.64 Å². The van der Waals surface area contributed by atoms with Gasteiger partial charge in [0.2, 0.25) is 0 Å². The molecule has 5 heteroatoms. The molecule has 2 aromatic carbocycles. The van der Waals surface area contributed by atoms with Gasteiger partial charge < -0.3 is 4.74 Å². The second-order valence-corrected chi connectivity index (χ2v) is 6.81. The standard InChI is InChI=1S/C23H23FN2O2/c1-17(2)19-8-6-18(7-9-19)15-26(22-5-3-4-14-25-22)23(27)16-28-21-12-10-20(24)11-13-21/h3-14,17H,15-16H2,1-2H3. The van der Waals surface area contributed by atoms with Crippen molar-refractivity contribution in [3.8, 4) is 5.75 Å². The monoisotopic (exact) mass is 378 g/mol. The van der Waals surface area contributed by atoms with E-state index >= 15 is 0 Å². The number of carbonyl (C=O) groups is 1. The van der Waals surface area contributed by atoms with Crippen LogP contribution in [0, 0.1) is 5.82 Å². The molecule has 1 amide bonds. The number of pyridine rings is 1. The highest BCUT2D eigenvalue weighted by Crippen LogP contribution is 2.19. The Bertz CT molecular complexity index is 894. The van der Waals surface area contributed by atoms with Gasteiger partial charge in [-0.3, -0.25) is 9.69 Å². The maximum absolute atomic E-state index is 13.0. The predicted molar refractivity (Wildman–Crippen MR) is 108 cm³/mol. The number of hydrogen-bond donors (Lipinski definition) is 0. The molecule has 3 rings (SSSR count). The molecule has 0 bridgehead atoms. The maximum Gasteiger partial charge on any atom is 0.266 e. The van der Waals surface area contributed by atoms with Crippen LogP contribution in [0.15, 0.2) is 72.9 Å². The molecule has 0 radical (unpaired) electrons. The summed E-state index contributed by atoms with van der Waals surface area (Å²) in [6.07, 6.45) is 1.65. The number of nitrogens with zero attached hydrogens (tertiary/aromatic N) is 2. The molecular weight excluding hydrogens is 355 g/mol. The van der Waals surface area contributed by atoms with E-state index in [-0.39, 0.29) is 18.3 Å². The highest BCUT2D eigenvalue weighted by Gasteiger charge is 2.18. The second kappa shape index (κ2) is 9.13. The van der Waals surface area contributed by atoms with Gasteiger partial charge in [0.25, 0.3) is 5.91 Å². The molecule has 144 valence electrons. The summed E-state index contributed by atoms with van der Waals surface area (Å²) in [7, 11) is 0. The van der Waals surface area contributed by atoms with Crippen LogP contribution in [0.4, 0.5) is 10.2 Å². The Labute approximate surface area is 164 Å². The van der Waals surface area contributed by atoms with E-state index in [4.69, 9.17) is 4.74 Å². The normalized spacial score (nSPS) is 10.7. The Morgan fingerprint density at radius 1 is 1.04 bits per heavy atom. The van der Waals surface area contributed by atoms with Gasteiger partial charge in [0.15, 0.2) is 6.61 Å². The van der Waals surface area contributed by atoms with Gasteiger partial charge in [0.1, 0.15) is 17.4 Å². The fourth-order valence-corrected chi connectivity index (χ4v) is 2.75. The van der Waals surface area contributed by atoms with Crippen molar-refractivity contribution in [3.05, 3.63) is 89.9 Å². The Kier molecular flexibility index (Phi) is 6.37. The Hall–Kier alpha value is -3.21. The number of carbonyl (C=O) groups excluding carboxylic acids is 1. The molecule has 0 fully saturated rings. The molecule has 0 saturated carbocycles. The first-order valence-corrected chi connectivity index (χ1v) is 9.21. The molecule has 0 aliphatic rings. The van der Waals surface area contributed by atoms with Gasteiger partial charge in [-0.25, -0.2) is 9.37 Å². The van der Waals surface area contributed by atoms with Crippen LogP contribution >= 0.6 is 0 Å². The van der Waals surface area contributed by atoms with E-state index in [0.717, 1.165) is 5.56 Å². The van der Waals surface area contributed by atoms with E-state index in [9.17, 15) is 9.18 Å². The van der Waals surface area contributed by atoms with Crippen LogP contribution in [-0.4, -0.2) is 17.5 Å². The highest BCUT2D eigenvalue weighted by atomic mass is 19.1. The molecule has 4 nitrogen and oxygen atoms in total. The van der Waals surface area contributed by atoms with Crippen LogP contribution in [-0.2, 0) is 11.3 Å². The van der Waals surface area contributed by atoms with Crippen molar-refractivity contribution >= 4 is 11.7 Å². The van der Waals surface area contributed by atoms with Crippen molar-refractivity contribution in [1.29, 1.82) is 0 Å². The summed E-state index contributed by atoms with van der Waals surface area (Å²) in [4.78, 5) is 18.8. The lowest BCUT2D eigenvalue weighted by atomic mass is 10.0. The lowest BCUT2D eigenvalue weighted by Crippen LogP contribution is -2.35. The first kappa shape index (κ1) is 19.5. The first-order valence-electron chi connectivity index (χ1n) is 9.21. The number of anilines is 1. The molecule has 0 spiro atoms. The minimum atomic E-state index is -0.348. The molecule has 0 aliphatic carbocycles. The Morgan fingerprint density at radius 3 is 2.36 bits per heavy atom. The molecule has 3 aromatic rings. The van der Waals surface area contributed by atoms with E-state index in [2.05, 4.69) is 31.0 Å². The third-order valence-electron chi connectivity index (χ3n) is 4.39. The van der Waals surface area contributed by atoms with Crippen LogP contribution in [0.2, 0.25) is 0 Å². The summed E-state index contributed by atoms with van der Waals surface area (Å²) in [5, 5.41) is 0. The topological polar surface area (TPSA) is 42.4 Å². The van der Waals surface area contributed by atoms with Crippen LogP contribution in [0.25, 0.3) is 0 Å². The summed E-state index contributed by atoms with van der Waals surface area (Å²) in [5.41, 5.74) is 2.25. The van der Waals surface area contributed by atoms with Gasteiger partial charge in [-0.15, -0.1) is 0 Å². The van der Waals surface area contributed by atoms with Gasteiger partial charge in [-0.2, -0.15) is 0 Å². The van der Waals surface area contributed by atoms with Gasteiger partial charge in [0, 0.05) is 6.20 Å². The fourth-order valence-electron chi connectivity index (χ4n) is 2.75.